The molecule has 0 bridgehead atoms. The number of anilines is 1. The van der Waals surface area contributed by atoms with Crippen LogP contribution in [0.4, 0.5) is 10.1 Å². The van der Waals surface area contributed by atoms with Crippen LogP contribution >= 0.6 is 0 Å². The second kappa shape index (κ2) is 9.19. The molecule has 6 nitrogen and oxygen atoms in total. The summed E-state index contributed by atoms with van der Waals surface area (Å²) in [7, 11) is 0. The van der Waals surface area contributed by atoms with Gasteiger partial charge in [-0.1, -0.05) is 0 Å². The Morgan fingerprint density at radius 3 is 2.56 bits per heavy atom. The number of nitrogens with zero attached hydrogens (tertiary/aromatic N) is 4. The topological polar surface area (TPSA) is 63.7 Å². The van der Waals surface area contributed by atoms with Crippen LogP contribution < -0.4 is 4.90 Å². The number of rotatable bonds is 7. The minimum atomic E-state index is -0.239. The molecule has 1 aliphatic rings. The first kappa shape index (κ1) is 18.9. The third-order valence-electron chi connectivity index (χ3n) is 4.70. The molecule has 1 saturated heterocycles. The van der Waals surface area contributed by atoms with E-state index in [1.165, 1.54) is 12.1 Å². The van der Waals surface area contributed by atoms with E-state index in [9.17, 15) is 9.18 Å². The van der Waals surface area contributed by atoms with Gasteiger partial charge in [0.15, 0.2) is 0 Å². The summed E-state index contributed by atoms with van der Waals surface area (Å²) in [6, 6.07) is 12.2. The van der Waals surface area contributed by atoms with Gasteiger partial charge in [-0.05, 0) is 36.4 Å². The van der Waals surface area contributed by atoms with Crippen LogP contribution in [0, 0.1) is 17.1 Å². The Balaban J connectivity index is 1.52. The molecule has 1 amide bonds. The van der Waals surface area contributed by atoms with E-state index >= 15 is 0 Å². The number of furan rings is 1. The number of halogens is 1. The average molecular weight is 370 g/mol. The number of hydrogen-bond acceptors (Lipinski definition) is 5. The first-order valence-corrected chi connectivity index (χ1v) is 9.05. The summed E-state index contributed by atoms with van der Waals surface area (Å²) in [6.07, 6.45) is 1.88. The maximum absolute atomic E-state index is 13.1. The Morgan fingerprint density at radius 1 is 1.19 bits per heavy atom. The van der Waals surface area contributed by atoms with Gasteiger partial charge in [0.05, 0.1) is 31.8 Å². The van der Waals surface area contributed by atoms with Crippen molar-refractivity contribution < 1.29 is 13.6 Å². The molecule has 27 heavy (non-hydrogen) atoms. The number of nitriles is 1. The lowest BCUT2D eigenvalue weighted by molar-refractivity contribution is -0.133. The highest BCUT2D eigenvalue weighted by atomic mass is 19.1. The molecule has 0 unspecified atom stereocenters. The summed E-state index contributed by atoms with van der Waals surface area (Å²) in [6.45, 7) is 4.19. The molecule has 1 fully saturated rings. The van der Waals surface area contributed by atoms with Gasteiger partial charge in [0.2, 0.25) is 5.91 Å². The highest BCUT2D eigenvalue weighted by Gasteiger charge is 2.22. The number of benzene rings is 1. The second-order valence-corrected chi connectivity index (χ2v) is 6.54. The Bertz CT molecular complexity index is 762. The average Bonchev–Trinajstić information content (AvgIpc) is 3.19. The molecule has 0 aliphatic carbocycles. The molecule has 1 aliphatic heterocycles. The van der Waals surface area contributed by atoms with Crippen LogP contribution in [0.5, 0.6) is 0 Å². The zero-order chi connectivity index (χ0) is 19.1. The Labute approximate surface area is 158 Å². The fourth-order valence-corrected chi connectivity index (χ4v) is 3.17. The fourth-order valence-electron chi connectivity index (χ4n) is 3.17. The maximum atomic E-state index is 13.1. The first-order valence-electron chi connectivity index (χ1n) is 9.05. The van der Waals surface area contributed by atoms with E-state index in [0.29, 0.717) is 31.8 Å². The van der Waals surface area contributed by atoms with Crippen LogP contribution in [0.25, 0.3) is 0 Å². The highest BCUT2D eigenvalue weighted by molar-refractivity contribution is 5.78. The Hall–Kier alpha value is -2.85. The van der Waals surface area contributed by atoms with E-state index in [4.69, 9.17) is 9.68 Å². The predicted molar refractivity (Wildman–Crippen MR) is 99.4 cm³/mol. The minimum absolute atomic E-state index is 0.00289. The second-order valence-electron chi connectivity index (χ2n) is 6.54. The molecular weight excluding hydrogens is 347 g/mol. The largest absolute Gasteiger partial charge is 0.467 e. The zero-order valence-electron chi connectivity index (χ0n) is 15.2. The normalized spacial score (nSPS) is 14.7. The molecule has 0 radical (unpaired) electrons. The lowest BCUT2D eigenvalue weighted by Crippen LogP contribution is -2.50. The van der Waals surface area contributed by atoms with Gasteiger partial charge in [-0.3, -0.25) is 9.69 Å². The van der Waals surface area contributed by atoms with E-state index in [-0.39, 0.29) is 11.7 Å². The molecule has 142 valence electrons. The number of piperazine rings is 1. The highest BCUT2D eigenvalue weighted by Crippen LogP contribution is 2.17. The minimum Gasteiger partial charge on any atom is -0.467 e. The van der Waals surface area contributed by atoms with Gasteiger partial charge in [-0.25, -0.2) is 4.39 Å². The molecule has 1 aromatic carbocycles. The molecule has 0 saturated carbocycles. The number of hydrogen-bond donors (Lipinski definition) is 0. The van der Waals surface area contributed by atoms with Gasteiger partial charge >= 0.3 is 0 Å². The Morgan fingerprint density at radius 2 is 1.93 bits per heavy atom. The van der Waals surface area contributed by atoms with Crippen molar-refractivity contribution in [1.29, 1.82) is 5.26 Å². The van der Waals surface area contributed by atoms with Crippen molar-refractivity contribution >= 4 is 11.6 Å². The summed E-state index contributed by atoms with van der Waals surface area (Å²) < 4.78 is 18.4. The van der Waals surface area contributed by atoms with E-state index in [1.54, 1.807) is 29.4 Å². The maximum Gasteiger partial charge on any atom is 0.237 e. The molecule has 0 atom stereocenters. The molecule has 2 aromatic rings. The van der Waals surface area contributed by atoms with Crippen molar-refractivity contribution in [3.8, 4) is 6.07 Å². The van der Waals surface area contributed by atoms with Gasteiger partial charge in [0.1, 0.15) is 11.6 Å². The lowest BCUT2D eigenvalue weighted by Gasteiger charge is -2.36. The summed E-state index contributed by atoms with van der Waals surface area (Å²) in [4.78, 5) is 18.7. The molecule has 3 rings (SSSR count). The van der Waals surface area contributed by atoms with E-state index in [2.05, 4.69) is 15.9 Å². The Kier molecular flexibility index (Phi) is 6.44. The van der Waals surface area contributed by atoms with E-state index < -0.39 is 0 Å². The van der Waals surface area contributed by atoms with E-state index in [0.717, 1.165) is 31.9 Å². The summed E-state index contributed by atoms with van der Waals surface area (Å²) in [5.41, 5.74) is 0.996. The number of amides is 1. The first-order chi connectivity index (χ1) is 13.2. The van der Waals surface area contributed by atoms with Crippen molar-refractivity contribution in [3.05, 3.63) is 54.2 Å². The van der Waals surface area contributed by atoms with E-state index in [1.807, 2.05) is 6.07 Å². The third kappa shape index (κ3) is 5.31. The van der Waals surface area contributed by atoms with Crippen LogP contribution in [0.15, 0.2) is 47.1 Å². The monoisotopic (exact) mass is 370 g/mol. The van der Waals surface area contributed by atoms with Crippen molar-refractivity contribution in [3.63, 3.8) is 0 Å². The molecule has 0 spiro atoms. The molecule has 2 heterocycles. The zero-order valence-corrected chi connectivity index (χ0v) is 15.2. The fraction of sp³-hybridized carbons (Fsp3) is 0.400. The molecule has 7 heteroatoms. The van der Waals surface area contributed by atoms with Crippen molar-refractivity contribution in [2.75, 3.05) is 44.2 Å². The van der Waals surface area contributed by atoms with Gasteiger partial charge in [-0.15, -0.1) is 0 Å². The van der Waals surface area contributed by atoms with Crippen LogP contribution in [0.3, 0.4) is 0 Å². The van der Waals surface area contributed by atoms with Gasteiger partial charge in [-0.2, -0.15) is 5.26 Å². The van der Waals surface area contributed by atoms with Crippen molar-refractivity contribution in [2.24, 2.45) is 0 Å². The molecule has 0 N–H and O–H groups in total. The lowest BCUT2D eigenvalue weighted by atomic mass is 10.2. The van der Waals surface area contributed by atoms with Gasteiger partial charge in [0, 0.05) is 38.4 Å². The quantitative estimate of drug-likeness (QED) is 0.749. The van der Waals surface area contributed by atoms with Crippen LogP contribution in [-0.2, 0) is 11.3 Å². The third-order valence-corrected chi connectivity index (χ3v) is 4.70. The SMILES string of the molecule is N#CCCN(Cc1ccco1)C(=O)CN1CCN(c2ccc(F)cc2)CC1. The number of carbonyl (C=O) groups is 1. The van der Waals surface area contributed by atoms with Crippen LogP contribution in [-0.4, -0.2) is 55.0 Å². The number of carbonyl (C=O) groups excluding carboxylic acids is 1. The van der Waals surface area contributed by atoms with Gasteiger partial charge < -0.3 is 14.2 Å². The summed E-state index contributed by atoms with van der Waals surface area (Å²) in [5, 5.41) is 8.85. The standard InChI is InChI=1S/C20H23FN4O2/c21-17-4-6-18(7-5-17)24-12-10-23(11-13-24)16-20(26)25(9-2-8-22)15-19-3-1-14-27-19/h1,3-7,14H,2,9-13,15-16H2. The summed E-state index contributed by atoms with van der Waals surface area (Å²) in [5.74, 6) is 0.469. The smallest absolute Gasteiger partial charge is 0.237 e. The van der Waals surface area contributed by atoms with Crippen LogP contribution in [0.2, 0.25) is 0 Å². The van der Waals surface area contributed by atoms with Crippen molar-refractivity contribution in [1.82, 2.24) is 9.80 Å². The molecular formula is C20H23FN4O2. The van der Waals surface area contributed by atoms with Gasteiger partial charge in [0.25, 0.3) is 0 Å². The van der Waals surface area contributed by atoms with Crippen LogP contribution in [0.1, 0.15) is 12.2 Å². The predicted octanol–water partition coefficient (Wildman–Crippen LogP) is 2.48. The summed E-state index contributed by atoms with van der Waals surface area (Å²) >= 11 is 0. The molecule has 1 aromatic heterocycles. The van der Waals surface area contributed by atoms with Crippen molar-refractivity contribution in [2.45, 2.75) is 13.0 Å².